The van der Waals surface area contributed by atoms with E-state index in [0.29, 0.717) is 16.5 Å². The fraction of sp³-hybridized carbons (Fsp3) is 0.200. The van der Waals surface area contributed by atoms with Crippen molar-refractivity contribution in [3.8, 4) is 5.82 Å². The SMILES string of the molecule is Cc1nn(-c2ncc(Br)cc2Cl)c(C)c1N. The van der Waals surface area contributed by atoms with Crippen molar-refractivity contribution in [2.45, 2.75) is 13.8 Å². The number of halogens is 2. The molecule has 0 aliphatic rings. The Bertz CT molecular complexity index is 550. The Morgan fingerprint density at radius 2 is 2.12 bits per heavy atom. The quantitative estimate of drug-likeness (QED) is 0.881. The van der Waals surface area contributed by atoms with E-state index in [-0.39, 0.29) is 0 Å². The van der Waals surface area contributed by atoms with Gasteiger partial charge in [0.1, 0.15) is 0 Å². The zero-order valence-electron chi connectivity index (χ0n) is 8.83. The van der Waals surface area contributed by atoms with E-state index in [9.17, 15) is 0 Å². The Morgan fingerprint density at radius 1 is 1.44 bits per heavy atom. The molecule has 2 aromatic rings. The van der Waals surface area contributed by atoms with Crippen molar-refractivity contribution in [3.05, 3.63) is 33.1 Å². The van der Waals surface area contributed by atoms with Gasteiger partial charge in [0.2, 0.25) is 0 Å². The summed E-state index contributed by atoms with van der Waals surface area (Å²) in [6.07, 6.45) is 1.67. The predicted molar refractivity (Wildman–Crippen MR) is 68.0 cm³/mol. The van der Waals surface area contributed by atoms with Crippen LogP contribution in [0.25, 0.3) is 5.82 Å². The molecule has 0 aliphatic carbocycles. The lowest BCUT2D eigenvalue weighted by molar-refractivity contribution is 0.806. The number of nitrogens with zero attached hydrogens (tertiary/aromatic N) is 3. The van der Waals surface area contributed by atoms with Crippen LogP contribution in [-0.4, -0.2) is 14.8 Å². The molecule has 16 heavy (non-hydrogen) atoms. The first-order valence-electron chi connectivity index (χ1n) is 4.64. The van der Waals surface area contributed by atoms with E-state index >= 15 is 0 Å². The van der Waals surface area contributed by atoms with Gasteiger partial charge >= 0.3 is 0 Å². The second-order valence-corrected chi connectivity index (χ2v) is 4.78. The first kappa shape index (κ1) is 11.4. The molecule has 4 nitrogen and oxygen atoms in total. The highest BCUT2D eigenvalue weighted by atomic mass is 79.9. The number of nitrogens with two attached hydrogens (primary N) is 1. The van der Waals surface area contributed by atoms with Crippen molar-refractivity contribution in [1.29, 1.82) is 0 Å². The van der Waals surface area contributed by atoms with Crippen molar-refractivity contribution in [2.75, 3.05) is 5.73 Å². The molecule has 2 aromatic heterocycles. The minimum Gasteiger partial charge on any atom is -0.396 e. The maximum absolute atomic E-state index is 6.10. The van der Waals surface area contributed by atoms with Gasteiger partial charge in [0.25, 0.3) is 0 Å². The second-order valence-electron chi connectivity index (χ2n) is 3.46. The van der Waals surface area contributed by atoms with Gasteiger partial charge in [0.15, 0.2) is 5.82 Å². The van der Waals surface area contributed by atoms with Crippen molar-refractivity contribution in [2.24, 2.45) is 0 Å². The summed E-state index contributed by atoms with van der Waals surface area (Å²) in [6.45, 7) is 3.74. The third kappa shape index (κ3) is 1.81. The molecule has 0 saturated carbocycles. The van der Waals surface area contributed by atoms with Gasteiger partial charge in [-0.1, -0.05) is 11.6 Å². The van der Waals surface area contributed by atoms with Crippen molar-refractivity contribution >= 4 is 33.2 Å². The van der Waals surface area contributed by atoms with E-state index < -0.39 is 0 Å². The molecule has 0 fully saturated rings. The largest absolute Gasteiger partial charge is 0.396 e. The predicted octanol–water partition coefficient (Wildman–Crippen LogP) is 2.88. The Kier molecular flexibility index (Phi) is 2.90. The fourth-order valence-electron chi connectivity index (χ4n) is 1.42. The van der Waals surface area contributed by atoms with Gasteiger partial charge in [-0.25, -0.2) is 9.67 Å². The van der Waals surface area contributed by atoms with Crippen LogP contribution in [-0.2, 0) is 0 Å². The Hall–Kier alpha value is -1.07. The van der Waals surface area contributed by atoms with E-state index in [4.69, 9.17) is 17.3 Å². The summed E-state index contributed by atoms with van der Waals surface area (Å²) >= 11 is 9.41. The average molecular weight is 302 g/mol. The number of anilines is 1. The van der Waals surface area contributed by atoms with E-state index in [2.05, 4.69) is 26.0 Å². The highest BCUT2D eigenvalue weighted by Gasteiger charge is 2.13. The number of rotatable bonds is 1. The van der Waals surface area contributed by atoms with Crippen LogP contribution in [0.3, 0.4) is 0 Å². The summed E-state index contributed by atoms with van der Waals surface area (Å²) in [4.78, 5) is 4.23. The van der Waals surface area contributed by atoms with Crippen LogP contribution in [0.4, 0.5) is 5.69 Å². The van der Waals surface area contributed by atoms with Crippen LogP contribution >= 0.6 is 27.5 Å². The molecule has 0 spiro atoms. The van der Waals surface area contributed by atoms with Gasteiger partial charge in [-0.3, -0.25) is 0 Å². The Balaban J connectivity index is 2.63. The molecule has 2 heterocycles. The molecule has 6 heteroatoms. The molecule has 84 valence electrons. The summed E-state index contributed by atoms with van der Waals surface area (Å²) in [5.74, 6) is 0.585. The number of nitrogen functional groups attached to an aromatic ring is 1. The molecule has 2 rings (SSSR count). The molecule has 0 aliphatic heterocycles. The number of hydrogen-bond acceptors (Lipinski definition) is 3. The van der Waals surface area contributed by atoms with Crippen LogP contribution in [0.1, 0.15) is 11.4 Å². The molecule has 0 unspecified atom stereocenters. The van der Waals surface area contributed by atoms with Crippen LogP contribution in [0.2, 0.25) is 5.02 Å². The van der Waals surface area contributed by atoms with Gasteiger partial charge in [-0.15, -0.1) is 0 Å². The summed E-state index contributed by atoms with van der Waals surface area (Å²) in [7, 11) is 0. The summed E-state index contributed by atoms with van der Waals surface area (Å²) in [5, 5.41) is 4.83. The highest BCUT2D eigenvalue weighted by molar-refractivity contribution is 9.10. The zero-order valence-corrected chi connectivity index (χ0v) is 11.2. The van der Waals surface area contributed by atoms with E-state index in [0.717, 1.165) is 15.9 Å². The smallest absolute Gasteiger partial charge is 0.172 e. The number of aryl methyl sites for hydroxylation is 1. The number of pyridine rings is 1. The van der Waals surface area contributed by atoms with Crippen molar-refractivity contribution in [3.63, 3.8) is 0 Å². The van der Waals surface area contributed by atoms with Gasteiger partial charge in [-0.05, 0) is 35.8 Å². The lowest BCUT2D eigenvalue weighted by Crippen LogP contribution is -2.03. The number of hydrogen-bond donors (Lipinski definition) is 1. The summed E-state index contributed by atoms with van der Waals surface area (Å²) < 4.78 is 2.48. The van der Waals surface area contributed by atoms with Gasteiger partial charge in [0.05, 0.1) is 22.1 Å². The third-order valence-corrected chi connectivity index (χ3v) is 3.05. The Morgan fingerprint density at radius 3 is 2.62 bits per heavy atom. The molecule has 0 bridgehead atoms. The molecule has 0 saturated heterocycles. The maximum atomic E-state index is 6.10. The average Bonchev–Trinajstić information content (AvgIpc) is 2.46. The molecular weight excluding hydrogens is 291 g/mol. The van der Waals surface area contributed by atoms with E-state index in [1.807, 2.05) is 13.8 Å². The lowest BCUT2D eigenvalue weighted by atomic mass is 10.3. The summed E-state index contributed by atoms with van der Waals surface area (Å²) in [6, 6.07) is 1.77. The molecule has 0 atom stereocenters. The number of aromatic nitrogens is 3. The minimum atomic E-state index is 0.528. The minimum absolute atomic E-state index is 0.528. The molecule has 0 aromatic carbocycles. The van der Waals surface area contributed by atoms with Gasteiger partial charge < -0.3 is 5.73 Å². The van der Waals surface area contributed by atoms with E-state index in [1.165, 1.54) is 0 Å². The van der Waals surface area contributed by atoms with Gasteiger partial charge in [0, 0.05) is 10.7 Å². The monoisotopic (exact) mass is 300 g/mol. The van der Waals surface area contributed by atoms with E-state index in [1.54, 1.807) is 16.9 Å². The summed E-state index contributed by atoms with van der Waals surface area (Å²) in [5.41, 5.74) is 8.14. The van der Waals surface area contributed by atoms with Crippen LogP contribution in [0, 0.1) is 13.8 Å². The zero-order chi connectivity index (χ0) is 11.9. The Labute approximate surface area is 107 Å². The molecular formula is C10H10BrClN4. The van der Waals surface area contributed by atoms with Crippen LogP contribution in [0.15, 0.2) is 16.7 Å². The first-order chi connectivity index (χ1) is 7.50. The molecule has 2 N–H and O–H groups in total. The second kappa shape index (κ2) is 4.07. The molecule has 0 radical (unpaired) electrons. The first-order valence-corrected chi connectivity index (χ1v) is 5.81. The normalized spacial score (nSPS) is 10.8. The maximum Gasteiger partial charge on any atom is 0.172 e. The molecule has 0 amide bonds. The lowest BCUT2D eigenvalue weighted by Gasteiger charge is -2.05. The third-order valence-electron chi connectivity index (χ3n) is 2.34. The fourth-order valence-corrected chi connectivity index (χ4v) is 2.13. The highest BCUT2D eigenvalue weighted by Crippen LogP contribution is 2.25. The van der Waals surface area contributed by atoms with Gasteiger partial charge in [-0.2, -0.15) is 5.10 Å². The van der Waals surface area contributed by atoms with Crippen molar-refractivity contribution in [1.82, 2.24) is 14.8 Å². The topological polar surface area (TPSA) is 56.7 Å². The standard InChI is InChI=1S/C10H10BrClN4/c1-5-9(13)6(2)16(15-5)10-8(12)3-7(11)4-14-10/h3-4H,13H2,1-2H3. The van der Waals surface area contributed by atoms with Crippen LogP contribution in [0.5, 0.6) is 0 Å². The van der Waals surface area contributed by atoms with Crippen molar-refractivity contribution < 1.29 is 0 Å². The van der Waals surface area contributed by atoms with Crippen LogP contribution < -0.4 is 5.73 Å².